The normalized spacial score (nSPS) is 17.5. The van der Waals surface area contributed by atoms with E-state index < -0.39 is 0 Å². The first-order chi connectivity index (χ1) is 10.7. The molecule has 5 heteroatoms. The highest BCUT2D eigenvalue weighted by Gasteiger charge is 2.31. The molecule has 1 atom stereocenters. The second-order valence-corrected chi connectivity index (χ2v) is 6.25. The molecule has 0 aliphatic carbocycles. The Morgan fingerprint density at radius 1 is 1.23 bits per heavy atom. The lowest BCUT2D eigenvalue weighted by Gasteiger charge is -2.24. The quantitative estimate of drug-likeness (QED) is 0.862. The van der Waals surface area contributed by atoms with Crippen LogP contribution in [0.25, 0.3) is 0 Å². The third-order valence-corrected chi connectivity index (χ3v) is 4.96. The van der Waals surface area contributed by atoms with Gasteiger partial charge in [0.25, 0.3) is 5.91 Å². The monoisotopic (exact) mass is 317 g/mol. The SMILES string of the molecule is COc1cc(OC)cc(C(=O)N2CCCC2c2cccs2)c1. The molecule has 0 N–H and O–H groups in total. The second-order valence-electron chi connectivity index (χ2n) is 5.27. The van der Waals surface area contributed by atoms with Crippen LogP contribution in [-0.4, -0.2) is 31.6 Å². The van der Waals surface area contributed by atoms with Crippen molar-refractivity contribution in [1.29, 1.82) is 0 Å². The summed E-state index contributed by atoms with van der Waals surface area (Å²) in [4.78, 5) is 16.1. The Morgan fingerprint density at radius 3 is 2.55 bits per heavy atom. The van der Waals surface area contributed by atoms with Crippen LogP contribution in [0.1, 0.15) is 34.1 Å². The van der Waals surface area contributed by atoms with Crippen LogP contribution in [0.4, 0.5) is 0 Å². The van der Waals surface area contributed by atoms with E-state index in [9.17, 15) is 4.79 Å². The van der Waals surface area contributed by atoms with Gasteiger partial charge in [0.1, 0.15) is 11.5 Å². The fraction of sp³-hybridized carbons (Fsp3) is 0.353. The number of carbonyl (C=O) groups is 1. The highest BCUT2D eigenvalue weighted by Crippen LogP contribution is 2.36. The molecule has 3 rings (SSSR count). The molecule has 0 bridgehead atoms. The summed E-state index contributed by atoms with van der Waals surface area (Å²) in [6.45, 7) is 0.793. The standard InChI is InChI=1S/C17H19NO3S/c1-20-13-9-12(10-14(11-13)21-2)17(19)18-7-3-5-15(18)16-6-4-8-22-16/h4,6,8-11,15H,3,5,7H2,1-2H3. The molecule has 0 spiro atoms. The summed E-state index contributed by atoms with van der Waals surface area (Å²) in [5, 5.41) is 2.06. The van der Waals surface area contributed by atoms with E-state index in [0.717, 1.165) is 19.4 Å². The zero-order valence-corrected chi connectivity index (χ0v) is 13.6. The number of hydrogen-bond donors (Lipinski definition) is 0. The molecule has 2 heterocycles. The van der Waals surface area contributed by atoms with E-state index in [-0.39, 0.29) is 11.9 Å². The Hall–Kier alpha value is -2.01. The zero-order chi connectivity index (χ0) is 15.5. The first kappa shape index (κ1) is 14.9. The largest absolute Gasteiger partial charge is 0.497 e. The summed E-state index contributed by atoms with van der Waals surface area (Å²) in [7, 11) is 3.18. The van der Waals surface area contributed by atoms with Gasteiger partial charge in [-0.2, -0.15) is 0 Å². The average Bonchev–Trinajstić information content (AvgIpc) is 3.23. The van der Waals surface area contributed by atoms with Gasteiger partial charge in [-0.05, 0) is 36.4 Å². The van der Waals surface area contributed by atoms with Crippen LogP contribution in [0, 0.1) is 0 Å². The molecule has 1 fully saturated rings. The van der Waals surface area contributed by atoms with Crippen LogP contribution in [0.2, 0.25) is 0 Å². The maximum absolute atomic E-state index is 12.9. The lowest BCUT2D eigenvalue weighted by Crippen LogP contribution is -2.30. The third kappa shape index (κ3) is 2.81. The summed E-state index contributed by atoms with van der Waals surface area (Å²) >= 11 is 1.71. The predicted octanol–water partition coefficient (Wildman–Crippen LogP) is 3.74. The van der Waals surface area contributed by atoms with Gasteiger partial charge in [0.2, 0.25) is 0 Å². The van der Waals surface area contributed by atoms with Gasteiger partial charge in [-0.3, -0.25) is 4.79 Å². The second kappa shape index (κ2) is 6.40. The van der Waals surface area contributed by atoms with Crippen molar-refractivity contribution in [1.82, 2.24) is 4.90 Å². The third-order valence-electron chi connectivity index (χ3n) is 3.98. The minimum Gasteiger partial charge on any atom is -0.497 e. The molecular weight excluding hydrogens is 298 g/mol. The maximum atomic E-state index is 12.9. The number of likely N-dealkylation sites (tertiary alicyclic amines) is 1. The fourth-order valence-corrected chi connectivity index (χ4v) is 3.76. The Labute approximate surface area is 134 Å². The van der Waals surface area contributed by atoms with Crippen molar-refractivity contribution < 1.29 is 14.3 Å². The lowest BCUT2D eigenvalue weighted by molar-refractivity contribution is 0.0737. The lowest BCUT2D eigenvalue weighted by atomic mass is 10.1. The van der Waals surface area contributed by atoms with Gasteiger partial charge in [-0.15, -0.1) is 11.3 Å². The number of benzene rings is 1. The van der Waals surface area contributed by atoms with Crippen LogP contribution in [-0.2, 0) is 0 Å². The van der Waals surface area contributed by atoms with Crippen LogP contribution in [0.3, 0.4) is 0 Å². The van der Waals surface area contributed by atoms with Crippen LogP contribution < -0.4 is 9.47 Å². The molecule has 1 aliphatic heterocycles. The molecule has 1 aromatic carbocycles. The summed E-state index contributed by atoms with van der Waals surface area (Å²) in [6.07, 6.45) is 2.06. The van der Waals surface area contributed by atoms with E-state index in [4.69, 9.17) is 9.47 Å². The minimum absolute atomic E-state index is 0.0353. The Kier molecular flexibility index (Phi) is 4.34. The molecule has 1 aromatic heterocycles. The Bertz CT molecular complexity index is 632. The van der Waals surface area contributed by atoms with Crippen molar-refractivity contribution in [3.8, 4) is 11.5 Å². The first-order valence-corrected chi connectivity index (χ1v) is 8.18. The van der Waals surface area contributed by atoms with Gasteiger partial charge < -0.3 is 14.4 Å². The number of carbonyl (C=O) groups excluding carboxylic acids is 1. The van der Waals surface area contributed by atoms with Gasteiger partial charge in [-0.25, -0.2) is 0 Å². The number of rotatable bonds is 4. The topological polar surface area (TPSA) is 38.8 Å². The van der Waals surface area contributed by atoms with Crippen molar-refractivity contribution in [2.24, 2.45) is 0 Å². The van der Waals surface area contributed by atoms with Gasteiger partial charge in [0, 0.05) is 23.1 Å². The zero-order valence-electron chi connectivity index (χ0n) is 12.7. The summed E-state index contributed by atoms with van der Waals surface area (Å²) < 4.78 is 10.5. The molecule has 1 unspecified atom stereocenters. The predicted molar refractivity (Wildman–Crippen MR) is 86.9 cm³/mol. The summed E-state index contributed by atoms with van der Waals surface area (Å²) in [6, 6.07) is 9.65. The molecule has 116 valence electrons. The van der Waals surface area contributed by atoms with E-state index in [0.29, 0.717) is 17.1 Å². The summed E-state index contributed by atoms with van der Waals surface area (Å²) in [5.74, 6) is 1.30. The van der Waals surface area contributed by atoms with Crippen LogP contribution in [0.5, 0.6) is 11.5 Å². The van der Waals surface area contributed by atoms with Crippen LogP contribution in [0.15, 0.2) is 35.7 Å². The van der Waals surface area contributed by atoms with Crippen molar-refractivity contribution >= 4 is 17.2 Å². The molecule has 22 heavy (non-hydrogen) atoms. The first-order valence-electron chi connectivity index (χ1n) is 7.30. The molecule has 0 radical (unpaired) electrons. The van der Waals surface area contributed by atoms with Crippen LogP contribution >= 0.6 is 11.3 Å². The molecule has 1 aliphatic rings. The van der Waals surface area contributed by atoms with Gasteiger partial charge >= 0.3 is 0 Å². The molecule has 4 nitrogen and oxygen atoms in total. The van der Waals surface area contributed by atoms with E-state index in [1.165, 1.54) is 4.88 Å². The van der Waals surface area contributed by atoms with Crippen molar-refractivity contribution in [2.75, 3.05) is 20.8 Å². The molecule has 1 amide bonds. The van der Waals surface area contributed by atoms with Gasteiger partial charge in [0.15, 0.2) is 0 Å². The van der Waals surface area contributed by atoms with E-state index in [1.54, 1.807) is 43.8 Å². The molecule has 1 saturated heterocycles. The molecular formula is C17H19NO3S. The maximum Gasteiger partial charge on any atom is 0.254 e. The van der Waals surface area contributed by atoms with E-state index in [2.05, 4.69) is 11.4 Å². The number of ether oxygens (including phenoxy) is 2. The van der Waals surface area contributed by atoms with E-state index >= 15 is 0 Å². The van der Waals surface area contributed by atoms with Crippen molar-refractivity contribution in [3.63, 3.8) is 0 Å². The Morgan fingerprint density at radius 2 is 1.95 bits per heavy atom. The number of amides is 1. The molecule has 0 saturated carbocycles. The van der Waals surface area contributed by atoms with Gasteiger partial charge in [-0.1, -0.05) is 6.07 Å². The Balaban J connectivity index is 1.90. The fourth-order valence-electron chi connectivity index (χ4n) is 2.88. The van der Waals surface area contributed by atoms with Crippen molar-refractivity contribution in [3.05, 3.63) is 46.2 Å². The highest BCUT2D eigenvalue weighted by atomic mass is 32.1. The smallest absolute Gasteiger partial charge is 0.254 e. The number of methoxy groups -OCH3 is 2. The van der Waals surface area contributed by atoms with Crippen molar-refractivity contribution in [2.45, 2.75) is 18.9 Å². The highest BCUT2D eigenvalue weighted by molar-refractivity contribution is 7.10. The summed E-state index contributed by atoms with van der Waals surface area (Å²) in [5.41, 5.74) is 0.611. The number of nitrogens with zero attached hydrogens (tertiary/aromatic N) is 1. The number of thiophene rings is 1. The number of hydrogen-bond acceptors (Lipinski definition) is 4. The minimum atomic E-state index is 0.0353. The van der Waals surface area contributed by atoms with E-state index in [1.807, 2.05) is 11.0 Å². The average molecular weight is 317 g/mol. The van der Waals surface area contributed by atoms with Gasteiger partial charge in [0.05, 0.1) is 20.3 Å². The molecule has 2 aromatic rings.